The van der Waals surface area contributed by atoms with Gasteiger partial charge in [0, 0.05) is 31.2 Å². The van der Waals surface area contributed by atoms with Crippen molar-refractivity contribution in [1.29, 1.82) is 0 Å². The second kappa shape index (κ2) is 7.34. The van der Waals surface area contributed by atoms with Crippen LogP contribution in [-0.2, 0) is 9.53 Å². The van der Waals surface area contributed by atoms with E-state index >= 15 is 0 Å². The molecule has 21 heavy (non-hydrogen) atoms. The predicted molar refractivity (Wildman–Crippen MR) is 79.1 cm³/mol. The van der Waals surface area contributed by atoms with Gasteiger partial charge in [0.25, 0.3) is 0 Å². The Morgan fingerprint density at radius 2 is 2.48 bits per heavy atom. The number of ether oxygens (including phenoxy) is 1. The summed E-state index contributed by atoms with van der Waals surface area (Å²) in [6.45, 7) is 2.20. The third kappa shape index (κ3) is 4.96. The van der Waals surface area contributed by atoms with Gasteiger partial charge in [-0.3, -0.25) is 15.0 Å². The number of rotatable bonds is 5. The lowest BCUT2D eigenvalue weighted by Gasteiger charge is -2.34. The molecule has 1 fully saturated rings. The molecule has 1 saturated heterocycles. The van der Waals surface area contributed by atoms with Crippen LogP contribution in [0.5, 0.6) is 0 Å². The van der Waals surface area contributed by atoms with Gasteiger partial charge in [0.05, 0.1) is 19.3 Å². The van der Waals surface area contributed by atoms with Crippen molar-refractivity contribution < 1.29 is 14.3 Å². The maximum Gasteiger partial charge on any atom is 0.323 e. The summed E-state index contributed by atoms with van der Waals surface area (Å²) >= 11 is 1.37. The van der Waals surface area contributed by atoms with Crippen molar-refractivity contribution >= 4 is 28.4 Å². The van der Waals surface area contributed by atoms with Crippen molar-refractivity contribution in [2.75, 3.05) is 45.2 Å². The quantitative estimate of drug-likeness (QED) is 0.783. The molecule has 0 bridgehead atoms. The largest absolute Gasteiger partial charge is 0.373 e. The molecule has 3 N–H and O–H groups in total. The molecule has 116 valence electrons. The van der Waals surface area contributed by atoms with Crippen molar-refractivity contribution in [1.82, 2.24) is 14.8 Å². The SMILES string of the molecule is CN(CC(N)=O)CC1CN(C(=O)Nc2nccs2)CCO1. The van der Waals surface area contributed by atoms with E-state index in [1.807, 2.05) is 0 Å². The van der Waals surface area contributed by atoms with Crippen LogP contribution in [0.2, 0.25) is 0 Å². The minimum absolute atomic E-state index is 0.134. The van der Waals surface area contributed by atoms with Crippen LogP contribution in [0.1, 0.15) is 0 Å². The van der Waals surface area contributed by atoms with E-state index in [1.165, 1.54) is 11.3 Å². The molecule has 3 amide bonds. The fourth-order valence-corrected chi connectivity index (χ4v) is 2.67. The average Bonchev–Trinajstić information content (AvgIpc) is 2.90. The Morgan fingerprint density at radius 1 is 1.67 bits per heavy atom. The van der Waals surface area contributed by atoms with Crippen LogP contribution < -0.4 is 11.1 Å². The van der Waals surface area contributed by atoms with Crippen LogP contribution in [0.15, 0.2) is 11.6 Å². The van der Waals surface area contributed by atoms with Gasteiger partial charge < -0.3 is 15.4 Å². The molecule has 1 aromatic heterocycles. The van der Waals surface area contributed by atoms with Gasteiger partial charge in [-0.25, -0.2) is 9.78 Å². The number of nitrogens with zero attached hydrogens (tertiary/aromatic N) is 3. The molecule has 8 nitrogen and oxygen atoms in total. The van der Waals surface area contributed by atoms with Crippen LogP contribution in [0.3, 0.4) is 0 Å². The molecule has 2 heterocycles. The van der Waals surface area contributed by atoms with Crippen LogP contribution in [0.25, 0.3) is 0 Å². The molecule has 0 saturated carbocycles. The van der Waals surface area contributed by atoms with E-state index in [9.17, 15) is 9.59 Å². The summed E-state index contributed by atoms with van der Waals surface area (Å²) in [4.78, 5) is 30.5. The lowest BCUT2D eigenvalue weighted by atomic mass is 10.2. The first kappa shape index (κ1) is 15.7. The second-order valence-corrected chi connectivity index (χ2v) is 5.76. The number of hydrogen-bond acceptors (Lipinski definition) is 6. The van der Waals surface area contributed by atoms with E-state index in [0.29, 0.717) is 31.4 Å². The van der Waals surface area contributed by atoms with Crippen molar-refractivity contribution in [3.05, 3.63) is 11.6 Å². The Kier molecular flexibility index (Phi) is 5.48. The molecular formula is C12H19N5O3S. The number of urea groups is 1. The molecule has 0 radical (unpaired) electrons. The first-order valence-electron chi connectivity index (χ1n) is 6.58. The van der Waals surface area contributed by atoms with Crippen LogP contribution in [0, 0.1) is 0 Å². The highest BCUT2D eigenvalue weighted by atomic mass is 32.1. The van der Waals surface area contributed by atoms with Crippen molar-refractivity contribution in [2.45, 2.75) is 6.10 Å². The Balaban J connectivity index is 1.82. The third-order valence-electron chi connectivity index (χ3n) is 3.01. The maximum atomic E-state index is 12.1. The monoisotopic (exact) mass is 313 g/mol. The molecule has 9 heteroatoms. The Bertz CT molecular complexity index is 481. The smallest absolute Gasteiger partial charge is 0.323 e. The number of carbonyl (C=O) groups is 2. The number of primary amides is 1. The Hall–Kier alpha value is -1.71. The molecule has 0 spiro atoms. The van der Waals surface area contributed by atoms with Gasteiger partial charge in [0.1, 0.15) is 0 Å². The highest BCUT2D eigenvalue weighted by Crippen LogP contribution is 2.13. The van der Waals surface area contributed by atoms with E-state index in [1.54, 1.807) is 28.4 Å². The molecular weight excluding hydrogens is 294 g/mol. The maximum absolute atomic E-state index is 12.1. The zero-order valence-electron chi connectivity index (χ0n) is 11.8. The minimum Gasteiger partial charge on any atom is -0.373 e. The first-order valence-corrected chi connectivity index (χ1v) is 7.46. The summed E-state index contributed by atoms with van der Waals surface area (Å²) in [6.07, 6.45) is 1.51. The number of aromatic nitrogens is 1. The molecule has 1 aliphatic heterocycles. The number of thiazole rings is 1. The van der Waals surface area contributed by atoms with E-state index in [-0.39, 0.29) is 24.6 Å². The van der Waals surface area contributed by atoms with E-state index in [2.05, 4.69) is 10.3 Å². The van der Waals surface area contributed by atoms with Gasteiger partial charge in [-0.1, -0.05) is 0 Å². The zero-order chi connectivity index (χ0) is 15.2. The summed E-state index contributed by atoms with van der Waals surface area (Å²) in [5.41, 5.74) is 5.15. The van der Waals surface area contributed by atoms with Crippen molar-refractivity contribution in [3.8, 4) is 0 Å². The normalized spacial score (nSPS) is 18.8. The fourth-order valence-electron chi connectivity index (χ4n) is 2.15. The summed E-state index contributed by atoms with van der Waals surface area (Å²) < 4.78 is 5.62. The molecule has 1 aliphatic rings. The number of amides is 3. The standard InChI is InChI=1S/C12H19N5O3S/c1-16(8-10(13)18)6-9-7-17(3-4-20-9)12(19)15-11-14-2-5-21-11/h2,5,9H,3-4,6-8H2,1H3,(H2,13,18)(H,14,15,19). The molecule has 2 rings (SSSR count). The lowest BCUT2D eigenvalue weighted by molar-refractivity contribution is -0.119. The van der Waals surface area contributed by atoms with E-state index in [0.717, 1.165) is 0 Å². The number of nitrogens with two attached hydrogens (primary N) is 1. The summed E-state index contributed by atoms with van der Waals surface area (Å²) in [6, 6.07) is -0.184. The number of carbonyl (C=O) groups excluding carboxylic acids is 2. The van der Waals surface area contributed by atoms with Gasteiger partial charge in [-0.15, -0.1) is 11.3 Å². The van der Waals surface area contributed by atoms with Crippen molar-refractivity contribution in [3.63, 3.8) is 0 Å². The van der Waals surface area contributed by atoms with Gasteiger partial charge in [-0.05, 0) is 7.05 Å². The van der Waals surface area contributed by atoms with Crippen LogP contribution >= 0.6 is 11.3 Å². The Morgan fingerprint density at radius 3 is 3.14 bits per heavy atom. The van der Waals surface area contributed by atoms with E-state index < -0.39 is 0 Å². The van der Waals surface area contributed by atoms with Gasteiger partial charge in [0.15, 0.2) is 5.13 Å². The summed E-state index contributed by atoms with van der Waals surface area (Å²) in [7, 11) is 1.79. The third-order valence-corrected chi connectivity index (χ3v) is 3.70. The lowest BCUT2D eigenvalue weighted by Crippen LogP contribution is -2.51. The van der Waals surface area contributed by atoms with Crippen LogP contribution in [0.4, 0.5) is 9.93 Å². The second-order valence-electron chi connectivity index (χ2n) is 4.87. The number of likely N-dealkylation sites (N-methyl/N-ethyl adjacent to an activating group) is 1. The van der Waals surface area contributed by atoms with E-state index in [4.69, 9.17) is 10.5 Å². The molecule has 1 unspecified atom stereocenters. The molecule has 1 atom stereocenters. The zero-order valence-corrected chi connectivity index (χ0v) is 12.6. The molecule has 0 aliphatic carbocycles. The minimum atomic E-state index is -0.383. The van der Waals surface area contributed by atoms with Crippen molar-refractivity contribution in [2.24, 2.45) is 5.73 Å². The van der Waals surface area contributed by atoms with Gasteiger partial charge in [0.2, 0.25) is 5.91 Å². The first-order chi connectivity index (χ1) is 10.0. The Labute approximate surface area is 126 Å². The topological polar surface area (TPSA) is 101 Å². The highest BCUT2D eigenvalue weighted by molar-refractivity contribution is 7.13. The van der Waals surface area contributed by atoms with Gasteiger partial charge >= 0.3 is 6.03 Å². The highest BCUT2D eigenvalue weighted by Gasteiger charge is 2.25. The molecule has 1 aromatic rings. The number of hydrogen-bond donors (Lipinski definition) is 2. The summed E-state index contributed by atoms with van der Waals surface area (Å²) in [5.74, 6) is -0.383. The number of morpholine rings is 1. The summed E-state index contributed by atoms with van der Waals surface area (Å²) in [5, 5.41) is 5.13. The predicted octanol–water partition coefficient (Wildman–Crippen LogP) is -0.207. The average molecular weight is 313 g/mol. The number of nitrogens with one attached hydrogen (secondary N) is 1. The number of anilines is 1. The molecule has 0 aromatic carbocycles. The van der Waals surface area contributed by atoms with Gasteiger partial charge in [-0.2, -0.15) is 0 Å². The van der Waals surface area contributed by atoms with Crippen LogP contribution in [-0.4, -0.2) is 72.7 Å². The fraction of sp³-hybridized carbons (Fsp3) is 0.583.